The Balaban J connectivity index is 2.03. The van der Waals surface area contributed by atoms with Gasteiger partial charge in [0.2, 0.25) is 0 Å². The molecule has 2 aromatic rings. The van der Waals surface area contributed by atoms with E-state index >= 15 is 0 Å². The molecule has 0 aliphatic rings. The van der Waals surface area contributed by atoms with E-state index in [-0.39, 0.29) is 11.6 Å². The molecule has 2 rings (SSSR count). The molecule has 0 spiro atoms. The predicted octanol–water partition coefficient (Wildman–Crippen LogP) is 1.23. The lowest BCUT2D eigenvalue weighted by molar-refractivity contribution is 0.182. The van der Waals surface area contributed by atoms with Gasteiger partial charge in [-0.05, 0) is 29.8 Å². The second-order valence-electron chi connectivity index (χ2n) is 4.09. The number of nitrogens with one attached hydrogen (secondary N) is 1. The van der Waals surface area contributed by atoms with Crippen LogP contribution in [-0.4, -0.2) is 25.1 Å². The van der Waals surface area contributed by atoms with E-state index in [1.54, 1.807) is 12.1 Å². The molecule has 0 saturated heterocycles. The molecule has 0 amide bonds. The number of rotatable bonds is 5. The zero-order valence-corrected chi connectivity index (χ0v) is 11.2. The molecule has 1 heterocycles. The molecule has 0 bridgehead atoms. The van der Waals surface area contributed by atoms with Crippen molar-refractivity contribution in [2.75, 3.05) is 6.54 Å². The standard InChI is InChI=1S/C13H13FN2O3S/c14-11-6-4-10(5-7-11)12(17)9-16-20(18,19)13-3-1-2-8-15-13/h1-8,12,16-17H,9H2. The first-order valence-corrected chi connectivity index (χ1v) is 7.31. The van der Waals surface area contributed by atoms with Crippen molar-refractivity contribution in [2.24, 2.45) is 0 Å². The number of hydrogen-bond acceptors (Lipinski definition) is 4. The first kappa shape index (κ1) is 14.6. The van der Waals surface area contributed by atoms with E-state index in [0.717, 1.165) is 0 Å². The fraction of sp³-hybridized carbons (Fsp3) is 0.154. The van der Waals surface area contributed by atoms with Gasteiger partial charge in [-0.1, -0.05) is 18.2 Å². The number of aliphatic hydroxyl groups excluding tert-OH is 1. The van der Waals surface area contributed by atoms with Crippen molar-refractivity contribution in [1.29, 1.82) is 0 Å². The summed E-state index contributed by atoms with van der Waals surface area (Å²) in [6, 6.07) is 9.71. The molecule has 1 atom stereocenters. The van der Waals surface area contributed by atoms with E-state index in [2.05, 4.69) is 9.71 Å². The Hall–Kier alpha value is -1.83. The lowest BCUT2D eigenvalue weighted by Gasteiger charge is -2.12. The highest BCUT2D eigenvalue weighted by Crippen LogP contribution is 2.13. The molecule has 0 radical (unpaired) electrons. The van der Waals surface area contributed by atoms with E-state index in [1.165, 1.54) is 36.5 Å². The van der Waals surface area contributed by atoms with Gasteiger partial charge in [0.15, 0.2) is 5.03 Å². The first-order valence-electron chi connectivity index (χ1n) is 5.83. The molecule has 0 saturated carbocycles. The molecule has 1 unspecified atom stereocenters. The van der Waals surface area contributed by atoms with Gasteiger partial charge < -0.3 is 5.11 Å². The van der Waals surface area contributed by atoms with Gasteiger partial charge in [-0.25, -0.2) is 22.5 Å². The lowest BCUT2D eigenvalue weighted by Crippen LogP contribution is -2.29. The van der Waals surface area contributed by atoms with Gasteiger partial charge in [0, 0.05) is 12.7 Å². The summed E-state index contributed by atoms with van der Waals surface area (Å²) in [7, 11) is -3.77. The number of halogens is 1. The summed E-state index contributed by atoms with van der Waals surface area (Å²) in [4.78, 5) is 3.73. The third-order valence-electron chi connectivity index (χ3n) is 2.63. The monoisotopic (exact) mass is 296 g/mol. The zero-order valence-electron chi connectivity index (χ0n) is 10.4. The maximum Gasteiger partial charge on any atom is 0.258 e. The minimum Gasteiger partial charge on any atom is -0.387 e. The van der Waals surface area contributed by atoms with Crippen LogP contribution in [0.2, 0.25) is 0 Å². The second-order valence-corrected chi connectivity index (χ2v) is 5.80. The molecule has 0 aliphatic carbocycles. The van der Waals surface area contributed by atoms with Gasteiger partial charge in [0.05, 0.1) is 6.10 Å². The van der Waals surface area contributed by atoms with Crippen LogP contribution in [0.25, 0.3) is 0 Å². The summed E-state index contributed by atoms with van der Waals surface area (Å²) >= 11 is 0. The maximum absolute atomic E-state index is 12.7. The van der Waals surface area contributed by atoms with Crippen molar-refractivity contribution in [3.05, 3.63) is 60.0 Å². The minimum atomic E-state index is -3.77. The van der Waals surface area contributed by atoms with E-state index in [9.17, 15) is 17.9 Å². The number of sulfonamides is 1. The molecule has 1 aromatic carbocycles. The summed E-state index contributed by atoms with van der Waals surface area (Å²) in [6.45, 7) is -0.218. The van der Waals surface area contributed by atoms with Gasteiger partial charge in [0.1, 0.15) is 5.82 Å². The van der Waals surface area contributed by atoms with Gasteiger partial charge in [-0.2, -0.15) is 0 Å². The van der Waals surface area contributed by atoms with Gasteiger partial charge >= 0.3 is 0 Å². The van der Waals surface area contributed by atoms with Gasteiger partial charge in [0.25, 0.3) is 10.0 Å². The Morgan fingerprint density at radius 3 is 2.50 bits per heavy atom. The van der Waals surface area contributed by atoms with E-state index < -0.39 is 21.9 Å². The molecule has 1 aromatic heterocycles. The van der Waals surface area contributed by atoms with Crippen LogP contribution in [0.15, 0.2) is 53.7 Å². The molecule has 0 fully saturated rings. The van der Waals surface area contributed by atoms with E-state index in [1.807, 2.05) is 0 Å². The molecule has 20 heavy (non-hydrogen) atoms. The molecular weight excluding hydrogens is 283 g/mol. The summed E-state index contributed by atoms with van der Waals surface area (Å²) < 4.78 is 38.8. The van der Waals surface area contributed by atoms with Crippen LogP contribution in [0.4, 0.5) is 4.39 Å². The number of pyridine rings is 1. The highest BCUT2D eigenvalue weighted by molar-refractivity contribution is 7.89. The largest absolute Gasteiger partial charge is 0.387 e. The van der Waals surface area contributed by atoms with Crippen molar-refractivity contribution in [1.82, 2.24) is 9.71 Å². The minimum absolute atomic E-state index is 0.119. The molecular formula is C13H13FN2O3S. The van der Waals surface area contributed by atoms with Crippen molar-refractivity contribution in [3.63, 3.8) is 0 Å². The number of hydrogen-bond donors (Lipinski definition) is 2. The quantitative estimate of drug-likeness (QED) is 0.870. The highest BCUT2D eigenvalue weighted by Gasteiger charge is 2.17. The smallest absolute Gasteiger partial charge is 0.258 e. The van der Waals surface area contributed by atoms with Crippen molar-refractivity contribution >= 4 is 10.0 Å². The first-order chi connectivity index (χ1) is 9.49. The summed E-state index contributed by atoms with van der Waals surface area (Å²) in [5.41, 5.74) is 0.426. The third-order valence-corrected chi connectivity index (χ3v) is 3.97. The van der Waals surface area contributed by atoms with Crippen LogP contribution in [0, 0.1) is 5.82 Å². The Labute approximate surface area is 116 Å². The average molecular weight is 296 g/mol. The van der Waals surface area contributed by atoms with Crippen LogP contribution in [0.5, 0.6) is 0 Å². The predicted molar refractivity (Wildman–Crippen MR) is 70.8 cm³/mol. The van der Waals surface area contributed by atoms with Crippen molar-refractivity contribution in [2.45, 2.75) is 11.1 Å². The number of aromatic nitrogens is 1. The Bertz CT molecular complexity index is 660. The maximum atomic E-state index is 12.7. The van der Waals surface area contributed by atoms with Crippen molar-refractivity contribution < 1.29 is 17.9 Å². The zero-order chi connectivity index (χ0) is 14.6. The Morgan fingerprint density at radius 2 is 1.90 bits per heavy atom. The molecule has 0 aliphatic heterocycles. The summed E-state index contributed by atoms with van der Waals surface area (Å²) in [6.07, 6.45) is 0.305. The SMILES string of the molecule is O=S(=O)(NCC(O)c1ccc(F)cc1)c1ccccn1. The summed E-state index contributed by atoms with van der Waals surface area (Å²) in [5.74, 6) is -0.421. The lowest BCUT2D eigenvalue weighted by atomic mass is 10.1. The van der Waals surface area contributed by atoms with Crippen LogP contribution in [0.3, 0.4) is 0 Å². The Morgan fingerprint density at radius 1 is 1.20 bits per heavy atom. The molecule has 7 heteroatoms. The van der Waals surface area contributed by atoms with Crippen LogP contribution >= 0.6 is 0 Å². The molecule has 106 valence electrons. The van der Waals surface area contributed by atoms with Crippen LogP contribution in [-0.2, 0) is 10.0 Å². The average Bonchev–Trinajstić information content (AvgIpc) is 2.46. The fourth-order valence-electron chi connectivity index (χ4n) is 1.57. The van der Waals surface area contributed by atoms with Crippen LogP contribution in [0.1, 0.15) is 11.7 Å². The molecule has 5 nitrogen and oxygen atoms in total. The van der Waals surface area contributed by atoms with Crippen molar-refractivity contribution in [3.8, 4) is 0 Å². The van der Waals surface area contributed by atoms with Gasteiger partial charge in [-0.3, -0.25) is 0 Å². The fourth-order valence-corrected chi connectivity index (χ4v) is 2.55. The number of nitrogens with zero attached hydrogens (tertiary/aromatic N) is 1. The normalized spacial score (nSPS) is 13.1. The molecule has 2 N–H and O–H groups in total. The summed E-state index contributed by atoms with van der Waals surface area (Å²) in [5, 5.41) is 9.73. The second kappa shape index (κ2) is 6.08. The Kier molecular flexibility index (Phi) is 4.43. The highest BCUT2D eigenvalue weighted by atomic mass is 32.2. The van der Waals surface area contributed by atoms with E-state index in [0.29, 0.717) is 5.56 Å². The van der Waals surface area contributed by atoms with Gasteiger partial charge in [-0.15, -0.1) is 0 Å². The number of benzene rings is 1. The van der Waals surface area contributed by atoms with Crippen LogP contribution < -0.4 is 4.72 Å². The third kappa shape index (κ3) is 3.60. The number of aliphatic hydroxyl groups is 1. The topological polar surface area (TPSA) is 79.3 Å². The van der Waals surface area contributed by atoms with E-state index in [4.69, 9.17) is 0 Å².